The minimum Gasteiger partial charge on any atom is -0.381 e. The summed E-state index contributed by atoms with van der Waals surface area (Å²) in [5.41, 5.74) is 2.38. The Hall–Kier alpha value is -1.89. The van der Waals surface area contributed by atoms with Gasteiger partial charge >= 0.3 is 0 Å². The van der Waals surface area contributed by atoms with Crippen LogP contribution in [-0.2, 0) is 20.7 Å². The van der Waals surface area contributed by atoms with E-state index in [4.69, 9.17) is 9.47 Å². The summed E-state index contributed by atoms with van der Waals surface area (Å²) in [6, 6.07) is 8.79. The quantitative estimate of drug-likeness (QED) is 0.753. The van der Waals surface area contributed by atoms with Crippen molar-refractivity contribution >= 4 is 16.8 Å². The number of fused-ring (bicyclic) bond motifs is 1. The van der Waals surface area contributed by atoms with Crippen LogP contribution in [0.15, 0.2) is 30.5 Å². The molecule has 4 fully saturated rings. The zero-order valence-corrected chi connectivity index (χ0v) is 18.9. The van der Waals surface area contributed by atoms with Crippen molar-refractivity contribution in [1.29, 1.82) is 0 Å². The van der Waals surface area contributed by atoms with Crippen LogP contribution in [-0.4, -0.2) is 77.8 Å². The van der Waals surface area contributed by atoms with Crippen LogP contribution in [0.2, 0.25) is 0 Å². The number of carbonyl (C=O) groups is 1. The lowest BCUT2D eigenvalue weighted by Crippen LogP contribution is -2.76. The molecule has 1 saturated carbocycles. The zero-order valence-electron chi connectivity index (χ0n) is 18.9. The standard InChI is InChI=1S/C26H35N3O3/c30-25(15-20-16-27-23-4-2-1-3-22(20)23)28-11-7-21(8-12-28)29-17-24(32-18-19-5-6-19)26(29)9-13-31-14-10-26/h1-4,16,19,21,24,27H,5-15,17-18H2. The Morgan fingerprint density at radius 3 is 2.69 bits per heavy atom. The third-order valence-corrected chi connectivity index (χ3v) is 8.40. The summed E-state index contributed by atoms with van der Waals surface area (Å²) >= 11 is 0. The molecule has 3 aliphatic heterocycles. The van der Waals surface area contributed by atoms with E-state index in [-0.39, 0.29) is 11.4 Å². The second-order valence-corrected chi connectivity index (χ2v) is 10.3. The third kappa shape index (κ3) is 3.76. The Labute approximate surface area is 190 Å². The summed E-state index contributed by atoms with van der Waals surface area (Å²) in [5, 5.41) is 1.16. The smallest absolute Gasteiger partial charge is 0.227 e. The van der Waals surface area contributed by atoms with E-state index < -0.39 is 0 Å². The number of hydrogen-bond acceptors (Lipinski definition) is 4. The molecule has 1 amide bonds. The number of aromatic amines is 1. The summed E-state index contributed by atoms with van der Waals surface area (Å²) in [6.45, 7) is 5.43. The van der Waals surface area contributed by atoms with E-state index in [1.54, 1.807) is 0 Å². The molecule has 4 aliphatic rings. The Morgan fingerprint density at radius 1 is 1.12 bits per heavy atom. The van der Waals surface area contributed by atoms with Gasteiger partial charge in [-0.25, -0.2) is 0 Å². The van der Waals surface area contributed by atoms with Gasteiger partial charge in [-0.2, -0.15) is 0 Å². The average Bonchev–Trinajstić information content (AvgIpc) is 3.58. The van der Waals surface area contributed by atoms with E-state index in [1.807, 2.05) is 18.3 Å². The van der Waals surface area contributed by atoms with Crippen molar-refractivity contribution in [2.45, 2.75) is 62.6 Å². The van der Waals surface area contributed by atoms with Crippen LogP contribution in [0, 0.1) is 5.92 Å². The molecule has 32 heavy (non-hydrogen) atoms. The van der Waals surface area contributed by atoms with Gasteiger partial charge in [-0.15, -0.1) is 0 Å². The molecule has 3 saturated heterocycles. The molecule has 1 aliphatic carbocycles. The average molecular weight is 438 g/mol. The van der Waals surface area contributed by atoms with Crippen LogP contribution in [0.5, 0.6) is 0 Å². The molecule has 1 atom stereocenters. The van der Waals surface area contributed by atoms with Crippen LogP contribution in [0.4, 0.5) is 0 Å². The van der Waals surface area contributed by atoms with Gasteiger partial charge in [0.05, 0.1) is 18.1 Å². The lowest BCUT2D eigenvalue weighted by Gasteiger charge is -2.63. The monoisotopic (exact) mass is 437 g/mol. The van der Waals surface area contributed by atoms with Crippen molar-refractivity contribution in [2.24, 2.45) is 5.92 Å². The summed E-state index contributed by atoms with van der Waals surface area (Å²) in [4.78, 5) is 21.1. The largest absolute Gasteiger partial charge is 0.381 e. The lowest BCUT2D eigenvalue weighted by atomic mass is 9.73. The molecule has 172 valence electrons. The van der Waals surface area contributed by atoms with Gasteiger partial charge in [-0.3, -0.25) is 9.69 Å². The Kier molecular flexibility index (Phi) is 5.48. The summed E-state index contributed by atoms with van der Waals surface area (Å²) < 4.78 is 12.1. The van der Waals surface area contributed by atoms with Crippen LogP contribution >= 0.6 is 0 Å². The zero-order chi connectivity index (χ0) is 21.5. The van der Waals surface area contributed by atoms with Crippen molar-refractivity contribution < 1.29 is 14.3 Å². The van der Waals surface area contributed by atoms with Crippen molar-refractivity contribution in [3.05, 3.63) is 36.0 Å². The number of amides is 1. The molecule has 2 aromatic rings. The number of likely N-dealkylation sites (tertiary alicyclic amines) is 2. The van der Waals surface area contributed by atoms with Crippen LogP contribution in [0.1, 0.15) is 44.1 Å². The fraction of sp³-hybridized carbons (Fsp3) is 0.654. The number of rotatable bonds is 6. The first kappa shape index (κ1) is 20.7. The molecular formula is C26H35N3O3. The fourth-order valence-corrected chi connectivity index (χ4v) is 6.17. The summed E-state index contributed by atoms with van der Waals surface area (Å²) in [7, 11) is 0. The maximum atomic E-state index is 13.0. The van der Waals surface area contributed by atoms with Crippen molar-refractivity contribution in [3.63, 3.8) is 0 Å². The number of piperidine rings is 1. The fourth-order valence-electron chi connectivity index (χ4n) is 6.17. The number of nitrogens with zero attached hydrogens (tertiary/aromatic N) is 2. The van der Waals surface area contributed by atoms with Crippen LogP contribution < -0.4 is 0 Å². The molecule has 6 rings (SSSR count). The van der Waals surface area contributed by atoms with E-state index in [9.17, 15) is 4.79 Å². The highest BCUT2D eigenvalue weighted by atomic mass is 16.5. The first-order chi connectivity index (χ1) is 15.7. The van der Waals surface area contributed by atoms with Gasteiger partial charge in [0.15, 0.2) is 0 Å². The van der Waals surface area contributed by atoms with Gasteiger partial charge in [0, 0.05) is 62.6 Å². The van der Waals surface area contributed by atoms with Crippen LogP contribution in [0.3, 0.4) is 0 Å². The minimum atomic E-state index is 0.175. The predicted octanol–water partition coefficient (Wildman–Crippen LogP) is 3.36. The van der Waals surface area contributed by atoms with E-state index in [0.717, 1.165) is 87.5 Å². The van der Waals surface area contributed by atoms with Crippen molar-refractivity contribution in [3.8, 4) is 0 Å². The molecule has 1 N–H and O–H groups in total. The van der Waals surface area contributed by atoms with Gasteiger partial charge in [-0.05, 0) is 56.1 Å². The number of benzene rings is 1. The molecular weight excluding hydrogens is 402 g/mol. The van der Waals surface area contributed by atoms with Gasteiger partial charge in [0.2, 0.25) is 5.91 Å². The summed E-state index contributed by atoms with van der Waals surface area (Å²) in [6.07, 6.45) is 9.84. The minimum absolute atomic E-state index is 0.175. The number of hydrogen-bond donors (Lipinski definition) is 1. The molecule has 6 heteroatoms. The van der Waals surface area contributed by atoms with E-state index >= 15 is 0 Å². The maximum Gasteiger partial charge on any atom is 0.227 e. The molecule has 0 radical (unpaired) electrons. The predicted molar refractivity (Wildman–Crippen MR) is 124 cm³/mol. The first-order valence-corrected chi connectivity index (χ1v) is 12.5. The van der Waals surface area contributed by atoms with Crippen LogP contribution in [0.25, 0.3) is 10.9 Å². The number of aromatic nitrogens is 1. The van der Waals surface area contributed by atoms with E-state index in [2.05, 4.69) is 26.9 Å². The molecule has 1 aromatic carbocycles. The second-order valence-electron chi connectivity index (χ2n) is 10.3. The molecule has 6 nitrogen and oxygen atoms in total. The maximum absolute atomic E-state index is 13.0. The molecule has 1 spiro atoms. The Bertz CT molecular complexity index is 954. The number of carbonyl (C=O) groups excluding carboxylic acids is 1. The molecule has 0 bridgehead atoms. The third-order valence-electron chi connectivity index (χ3n) is 8.40. The number of para-hydroxylation sites is 1. The van der Waals surface area contributed by atoms with Crippen molar-refractivity contribution in [1.82, 2.24) is 14.8 Å². The van der Waals surface area contributed by atoms with Crippen molar-refractivity contribution in [2.75, 3.05) is 39.5 Å². The topological polar surface area (TPSA) is 57.8 Å². The summed E-state index contributed by atoms with van der Waals surface area (Å²) in [5.74, 6) is 1.07. The van der Waals surface area contributed by atoms with Gasteiger partial charge in [0.1, 0.15) is 0 Å². The normalized spacial score (nSPS) is 26.5. The SMILES string of the molecule is O=C(Cc1c[nH]c2ccccc12)N1CCC(N2CC(OCC3CC3)C23CCOCC3)CC1. The highest BCUT2D eigenvalue weighted by molar-refractivity contribution is 5.88. The molecule has 4 heterocycles. The highest BCUT2D eigenvalue weighted by Gasteiger charge is 2.57. The molecule has 1 aromatic heterocycles. The molecule has 1 unspecified atom stereocenters. The van der Waals surface area contributed by atoms with E-state index in [0.29, 0.717) is 18.6 Å². The van der Waals surface area contributed by atoms with Gasteiger partial charge < -0.3 is 19.4 Å². The number of H-pyrrole nitrogens is 1. The Morgan fingerprint density at radius 2 is 1.91 bits per heavy atom. The van der Waals surface area contributed by atoms with Gasteiger partial charge in [-0.1, -0.05) is 18.2 Å². The highest BCUT2D eigenvalue weighted by Crippen LogP contribution is 2.45. The Balaban J connectivity index is 1.06. The number of ether oxygens (including phenoxy) is 2. The first-order valence-electron chi connectivity index (χ1n) is 12.5. The lowest BCUT2D eigenvalue weighted by molar-refractivity contribution is -0.217. The van der Waals surface area contributed by atoms with E-state index in [1.165, 1.54) is 12.8 Å². The van der Waals surface area contributed by atoms with Gasteiger partial charge in [0.25, 0.3) is 0 Å². The number of nitrogens with one attached hydrogen (secondary N) is 1. The second kappa shape index (κ2) is 8.47.